The van der Waals surface area contributed by atoms with Crippen molar-refractivity contribution in [1.82, 2.24) is 5.32 Å². The Balaban J connectivity index is 1.76. The van der Waals surface area contributed by atoms with E-state index in [1.54, 1.807) is 0 Å². The van der Waals surface area contributed by atoms with E-state index in [9.17, 15) is 9.90 Å². The monoisotopic (exact) mass is 273 g/mol. The normalized spacial score (nSPS) is 30.1. The number of carbonyl (C=O) groups is 1. The molecule has 0 spiro atoms. The predicted molar refractivity (Wildman–Crippen MR) is 78.5 cm³/mol. The number of nitrogens with one attached hydrogen (secondary N) is 1. The summed E-state index contributed by atoms with van der Waals surface area (Å²) >= 11 is 0. The van der Waals surface area contributed by atoms with E-state index in [4.69, 9.17) is 0 Å². The Morgan fingerprint density at radius 1 is 1.30 bits per heavy atom. The maximum Gasteiger partial charge on any atom is 0.325 e. The lowest BCUT2D eigenvalue weighted by molar-refractivity contribution is -0.140. The predicted octanol–water partition coefficient (Wildman–Crippen LogP) is 3.29. The van der Waals surface area contributed by atoms with Gasteiger partial charge in [0.15, 0.2) is 0 Å². The first kappa shape index (κ1) is 13.6. The molecule has 0 saturated heterocycles. The smallest absolute Gasteiger partial charge is 0.325 e. The van der Waals surface area contributed by atoms with Crippen molar-refractivity contribution in [1.29, 1.82) is 0 Å². The molecule has 3 saturated carbocycles. The Kier molecular flexibility index (Phi) is 3.79. The van der Waals surface area contributed by atoms with Crippen LogP contribution < -0.4 is 5.32 Å². The summed E-state index contributed by atoms with van der Waals surface area (Å²) in [6.45, 7) is 2.00. The van der Waals surface area contributed by atoms with Crippen molar-refractivity contribution < 1.29 is 9.90 Å². The van der Waals surface area contributed by atoms with Crippen LogP contribution in [-0.4, -0.2) is 17.1 Å². The Morgan fingerprint density at radius 3 is 2.60 bits per heavy atom. The first-order valence-electron chi connectivity index (χ1n) is 7.69. The molecule has 3 aliphatic rings. The first-order valence-corrected chi connectivity index (χ1v) is 7.69. The van der Waals surface area contributed by atoms with Crippen LogP contribution in [0.5, 0.6) is 0 Å². The molecule has 2 atom stereocenters. The van der Waals surface area contributed by atoms with Gasteiger partial charge in [-0.15, -0.1) is 0 Å². The quantitative estimate of drug-likeness (QED) is 0.885. The van der Waals surface area contributed by atoms with Crippen LogP contribution >= 0.6 is 0 Å². The number of rotatable bonds is 4. The number of aliphatic carboxylic acids is 1. The highest BCUT2D eigenvalue weighted by Gasteiger charge is 2.37. The second-order valence-corrected chi connectivity index (χ2v) is 6.48. The summed E-state index contributed by atoms with van der Waals surface area (Å²) in [5, 5.41) is 13.0. The lowest BCUT2D eigenvalue weighted by atomic mass is 9.68. The average molecular weight is 273 g/mol. The van der Waals surface area contributed by atoms with Crippen LogP contribution in [-0.2, 0) is 4.79 Å². The molecule has 3 nitrogen and oxygen atoms in total. The van der Waals surface area contributed by atoms with E-state index in [2.05, 4.69) is 5.32 Å². The number of fused-ring (bicyclic) bond motifs is 3. The number of carboxylic acid groups (broad SMARTS) is 1. The average Bonchev–Trinajstić information content (AvgIpc) is 2.45. The molecule has 2 N–H and O–H groups in total. The second-order valence-electron chi connectivity index (χ2n) is 6.48. The fourth-order valence-corrected chi connectivity index (χ4v) is 3.96. The zero-order chi connectivity index (χ0) is 14.1. The second kappa shape index (κ2) is 5.57. The molecule has 2 bridgehead atoms. The molecule has 1 aromatic carbocycles. The molecule has 20 heavy (non-hydrogen) atoms. The van der Waals surface area contributed by atoms with Gasteiger partial charge in [0.1, 0.15) is 6.04 Å². The maximum atomic E-state index is 11.6. The summed E-state index contributed by atoms with van der Waals surface area (Å²) in [6, 6.07) is 7.65. The standard InChI is InChI=1S/C17H23NO2/c1-11-3-2-4-14(9-11)16(17(19)20)18-15-10-12-5-7-13(15)8-6-12/h2-4,9,12-13,15-16,18H,5-8,10H2,1H3,(H,19,20). The Labute approximate surface area is 120 Å². The van der Waals surface area contributed by atoms with Crippen LogP contribution in [0.4, 0.5) is 0 Å². The van der Waals surface area contributed by atoms with Gasteiger partial charge in [-0.1, -0.05) is 42.7 Å². The largest absolute Gasteiger partial charge is 0.480 e. The summed E-state index contributed by atoms with van der Waals surface area (Å²) in [4.78, 5) is 11.6. The van der Waals surface area contributed by atoms with Gasteiger partial charge in [-0.05, 0) is 43.6 Å². The van der Waals surface area contributed by atoms with Gasteiger partial charge in [0.05, 0.1) is 0 Å². The van der Waals surface area contributed by atoms with Crippen molar-refractivity contribution in [3.63, 3.8) is 0 Å². The summed E-state index contributed by atoms with van der Waals surface area (Å²) in [5.74, 6) is 0.716. The molecule has 2 unspecified atom stereocenters. The molecule has 3 fully saturated rings. The Morgan fingerprint density at radius 2 is 2.05 bits per heavy atom. The molecule has 0 aliphatic heterocycles. The van der Waals surface area contributed by atoms with Crippen molar-refractivity contribution in [3.8, 4) is 0 Å². The van der Waals surface area contributed by atoms with E-state index in [1.807, 2.05) is 31.2 Å². The van der Waals surface area contributed by atoms with Gasteiger partial charge in [-0.2, -0.15) is 0 Å². The van der Waals surface area contributed by atoms with Crippen LogP contribution in [0.15, 0.2) is 24.3 Å². The molecule has 1 aromatic rings. The zero-order valence-corrected chi connectivity index (χ0v) is 12.0. The molecule has 0 heterocycles. The van der Waals surface area contributed by atoms with Crippen LogP contribution in [0.25, 0.3) is 0 Å². The van der Waals surface area contributed by atoms with E-state index in [0.29, 0.717) is 12.0 Å². The lowest BCUT2D eigenvalue weighted by Crippen LogP contribution is -2.47. The van der Waals surface area contributed by atoms with E-state index in [0.717, 1.165) is 23.5 Å². The number of aryl methyl sites for hydroxylation is 1. The molecule has 4 rings (SSSR count). The van der Waals surface area contributed by atoms with Crippen molar-refractivity contribution >= 4 is 5.97 Å². The third-order valence-corrected chi connectivity index (χ3v) is 5.05. The SMILES string of the molecule is Cc1cccc(C(NC2CC3CCC2CC3)C(=O)O)c1. The minimum Gasteiger partial charge on any atom is -0.480 e. The van der Waals surface area contributed by atoms with Gasteiger partial charge in [0.25, 0.3) is 0 Å². The van der Waals surface area contributed by atoms with Crippen LogP contribution in [0, 0.1) is 18.8 Å². The van der Waals surface area contributed by atoms with Crippen molar-refractivity contribution in [3.05, 3.63) is 35.4 Å². The van der Waals surface area contributed by atoms with Gasteiger partial charge < -0.3 is 5.11 Å². The molecule has 3 heteroatoms. The summed E-state index contributed by atoms with van der Waals surface area (Å²) in [7, 11) is 0. The van der Waals surface area contributed by atoms with Crippen LogP contribution in [0.1, 0.15) is 49.3 Å². The van der Waals surface area contributed by atoms with Crippen LogP contribution in [0.3, 0.4) is 0 Å². The van der Waals surface area contributed by atoms with Gasteiger partial charge in [0.2, 0.25) is 0 Å². The summed E-state index contributed by atoms with van der Waals surface area (Å²) < 4.78 is 0. The molecule has 0 radical (unpaired) electrons. The maximum absolute atomic E-state index is 11.6. The molecule has 0 aromatic heterocycles. The third kappa shape index (κ3) is 2.73. The molecule has 0 amide bonds. The fourth-order valence-electron chi connectivity index (χ4n) is 3.96. The highest BCUT2D eigenvalue weighted by atomic mass is 16.4. The molecular formula is C17H23NO2. The van der Waals surface area contributed by atoms with Gasteiger partial charge in [0, 0.05) is 6.04 Å². The zero-order valence-electron chi connectivity index (χ0n) is 12.0. The highest BCUT2D eigenvalue weighted by molar-refractivity contribution is 5.75. The Bertz CT molecular complexity index is 492. The van der Waals surface area contributed by atoms with E-state index in [-0.39, 0.29) is 0 Å². The number of benzene rings is 1. The van der Waals surface area contributed by atoms with Crippen molar-refractivity contribution in [2.75, 3.05) is 0 Å². The highest BCUT2D eigenvalue weighted by Crippen LogP contribution is 2.42. The fraction of sp³-hybridized carbons (Fsp3) is 0.588. The number of hydrogen-bond acceptors (Lipinski definition) is 2. The van der Waals surface area contributed by atoms with Crippen molar-refractivity contribution in [2.45, 2.75) is 51.1 Å². The minimum atomic E-state index is -0.767. The van der Waals surface area contributed by atoms with Crippen molar-refractivity contribution in [2.24, 2.45) is 11.8 Å². The number of hydrogen-bond donors (Lipinski definition) is 2. The molecular weight excluding hydrogens is 250 g/mol. The van der Waals surface area contributed by atoms with Gasteiger partial charge in [-0.25, -0.2) is 0 Å². The summed E-state index contributed by atoms with van der Waals surface area (Å²) in [5.41, 5.74) is 1.99. The number of carboxylic acids is 1. The molecule has 108 valence electrons. The van der Waals surface area contributed by atoms with E-state index < -0.39 is 12.0 Å². The minimum absolute atomic E-state index is 0.379. The summed E-state index contributed by atoms with van der Waals surface area (Å²) in [6.07, 6.45) is 6.36. The van der Waals surface area contributed by atoms with Gasteiger partial charge >= 0.3 is 5.97 Å². The van der Waals surface area contributed by atoms with Crippen LogP contribution in [0.2, 0.25) is 0 Å². The molecule has 3 aliphatic carbocycles. The van der Waals surface area contributed by atoms with E-state index >= 15 is 0 Å². The third-order valence-electron chi connectivity index (χ3n) is 5.05. The first-order chi connectivity index (χ1) is 9.63. The Hall–Kier alpha value is -1.35. The lowest BCUT2D eigenvalue weighted by Gasteiger charge is -2.43. The van der Waals surface area contributed by atoms with Gasteiger partial charge in [-0.3, -0.25) is 10.1 Å². The van der Waals surface area contributed by atoms with E-state index in [1.165, 1.54) is 25.7 Å². The topological polar surface area (TPSA) is 49.3 Å².